The normalized spacial score (nSPS) is 10.5. The molecule has 0 radical (unpaired) electrons. The third-order valence-corrected chi connectivity index (χ3v) is 3.77. The van der Waals surface area contributed by atoms with Crippen LogP contribution in [0.1, 0.15) is 36.7 Å². The summed E-state index contributed by atoms with van der Waals surface area (Å²) in [6.45, 7) is 6.99. The Morgan fingerprint density at radius 3 is 2.35 bits per heavy atom. The Labute approximate surface area is 155 Å². The highest BCUT2D eigenvalue weighted by atomic mass is 16.5. The summed E-state index contributed by atoms with van der Waals surface area (Å²) in [6.07, 6.45) is 0.0350. The van der Waals surface area contributed by atoms with Crippen molar-refractivity contribution in [2.45, 2.75) is 33.4 Å². The number of benzene rings is 2. The summed E-state index contributed by atoms with van der Waals surface area (Å²) in [5.41, 5.74) is 1.60. The lowest BCUT2D eigenvalue weighted by Gasteiger charge is -2.19. The molecule has 0 heterocycles. The number of nitrogens with zero attached hydrogens (tertiary/aromatic N) is 1. The summed E-state index contributed by atoms with van der Waals surface area (Å²) in [5.74, 6) is 1.94. The molecule has 5 heteroatoms. The molecule has 140 valence electrons. The summed E-state index contributed by atoms with van der Waals surface area (Å²) < 4.78 is 16.5. The van der Waals surface area contributed by atoms with Gasteiger partial charge in [-0.25, -0.2) is 0 Å². The highest BCUT2D eigenvalue weighted by molar-refractivity contribution is 5.94. The van der Waals surface area contributed by atoms with Gasteiger partial charge >= 0.3 is 0 Å². The van der Waals surface area contributed by atoms with Crippen LogP contribution >= 0.6 is 0 Å². The van der Waals surface area contributed by atoms with E-state index in [-0.39, 0.29) is 12.0 Å². The first-order valence-electron chi connectivity index (χ1n) is 8.76. The van der Waals surface area contributed by atoms with Gasteiger partial charge < -0.3 is 19.1 Å². The number of methoxy groups -OCH3 is 1. The van der Waals surface area contributed by atoms with E-state index in [1.54, 1.807) is 37.3 Å². The Morgan fingerprint density at radius 1 is 1.08 bits per heavy atom. The van der Waals surface area contributed by atoms with Crippen LogP contribution in [0.5, 0.6) is 17.2 Å². The Bertz CT molecular complexity index is 725. The second-order valence-corrected chi connectivity index (χ2v) is 6.27. The first kappa shape index (κ1) is 19.6. The molecule has 0 atom stereocenters. The number of rotatable bonds is 8. The zero-order valence-electron chi connectivity index (χ0n) is 16.1. The SMILES string of the molecule is CCOc1ccc(CN(C)C(=O)c2ccc(OC(C)C)c(OC)c2)cc1. The minimum Gasteiger partial charge on any atom is -0.494 e. The number of ether oxygens (including phenoxy) is 3. The smallest absolute Gasteiger partial charge is 0.254 e. The quantitative estimate of drug-likeness (QED) is 0.712. The van der Waals surface area contributed by atoms with Crippen molar-refractivity contribution in [1.82, 2.24) is 4.90 Å². The maximum absolute atomic E-state index is 12.7. The van der Waals surface area contributed by atoms with Crippen molar-refractivity contribution in [3.05, 3.63) is 53.6 Å². The molecule has 0 N–H and O–H groups in total. The summed E-state index contributed by atoms with van der Waals surface area (Å²) in [4.78, 5) is 14.4. The van der Waals surface area contributed by atoms with E-state index in [4.69, 9.17) is 14.2 Å². The molecule has 26 heavy (non-hydrogen) atoms. The Kier molecular flexibility index (Phi) is 6.89. The minimum atomic E-state index is -0.0757. The van der Waals surface area contributed by atoms with Gasteiger partial charge in [0, 0.05) is 19.2 Å². The van der Waals surface area contributed by atoms with Crippen LogP contribution in [0.25, 0.3) is 0 Å². The van der Waals surface area contributed by atoms with Crippen LogP contribution in [0.15, 0.2) is 42.5 Å². The van der Waals surface area contributed by atoms with Crippen LogP contribution < -0.4 is 14.2 Å². The highest BCUT2D eigenvalue weighted by Crippen LogP contribution is 2.29. The predicted octanol–water partition coefficient (Wildman–Crippen LogP) is 4.15. The number of amides is 1. The molecule has 5 nitrogen and oxygen atoms in total. The highest BCUT2D eigenvalue weighted by Gasteiger charge is 2.16. The van der Waals surface area contributed by atoms with Crippen molar-refractivity contribution < 1.29 is 19.0 Å². The summed E-state index contributed by atoms with van der Waals surface area (Å²) in [7, 11) is 3.35. The third-order valence-electron chi connectivity index (χ3n) is 3.77. The predicted molar refractivity (Wildman–Crippen MR) is 102 cm³/mol. The molecule has 2 aromatic carbocycles. The number of carbonyl (C=O) groups is 1. The largest absolute Gasteiger partial charge is 0.494 e. The van der Waals surface area contributed by atoms with Crippen molar-refractivity contribution in [3.63, 3.8) is 0 Å². The lowest BCUT2D eigenvalue weighted by atomic mass is 10.1. The Hall–Kier alpha value is -2.69. The van der Waals surface area contributed by atoms with E-state index >= 15 is 0 Å². The monoisotopic (exact) mass is 357 g/mol. The third kappa shape index (κ3) is 5.15. The van der Waals surface area contributed by atoms with Crippen molar-refractivity contribution in [2.75, 3.05) is 20.8 Å². The van der Waals surface area contributed by atoms with Gasteiger partial charge in [0.15, 0.2) is 11.5 Å². The average Bonchev–Trinajstić information content (AvgIpc) is 2.62. The molecule has 0 aromatic heterocycles. The molecule has 1 amide bonds. The molecule has 0 bridgehead atoms. The van der Waals surface area contributed by atoms with E-state index in [2.05, 4.69) is 0 Å². The van der Waals surface area contributed by atoms with Crippen LogP contribution in [-0.2, 0) is 6.54 Å². The van der Waals surface area contributed by atoms with Crippen LogP contribution in [0.2, 0.25) is 0 Å². The zero-order valence-corrected chi connectivity index (χ0v) is 16.1. The molecule has 0 aliphatic heterocycles. The molecule has 2 rings (SSSR count). The second-order valence-electron chi connectivity index (χ2n) is 6.27. The fourth-order valence-electron chi connectivity index (χ4n) is 2.58. The molecule has 0 saturated heterocycles. The molecule has 0 spiro atoms. The number of hydrogen-bond acceptors (Lipinski definition) is 4. The summed E-state index contributed by atoms with van der Waals surface area (Å²) in [5, 5.41) is 0. The number of carbonyl (C=O) groups excluding carboxylic acids is 1. The lowest BCUT2D eigenvalue weighted by Crippen LogP contribution is -2.26. The molecular weight excluding hydrogens is 330 g/mol. The van der Waals surface area contributed by atoms with Crippen molar-refractivity contribution in [2.24, 2.45) is 0 Å². The van der Waals surface area contributed by atoms with E-state index in [9.17, 15) is 4.79 Å². The minimum absolute atomic E-state index is 0.0350. The zero-order chi connectivity index (χ0) is 19.1. The fourth-order valence-corrected chi connectivity index (χ4v) is 2.58. The summed E-state index contributed by atoms with van der Waals surface area (Å²) >= 11 is 0. The fraction of sp³-hybridized carbons (Fsp3) is 0.381. The van der Waals surface area contributed by atoms with Gasteiger partial charge in [0.25, 0.3) is 5.91 Å². The second kappa shape index (κ2) is 9.13. The van der Waals surface area contributed by atoms with E-state index in [1.807, 2.05) is 45.0 Å². The van der Waals surface area contributed by atoms with Crippen molar-refractivity contribution in [1.29, 1.82) is 0 Å². The molecular formula is C21H27NO4. The van der Waals surface area contributed by atoms with Crippen LogP contribution in [0.3, 0.4) is 0 Å². The molecule has 2 aromatic rings. The van der Waals surface area contributed by atoms with Gasteiger partial charge in [-0.15, -0.1) is 0 Å². The van der Waals surface area contributed by atoms with Crippen LogP contribution in [0.4, 0.5) is 0 Å². The molecule has 0 aliphatic carbocycles. The van der Waals surface area contributed by atoms with Gasteiger partial charge in [0.1, 0.15) is 5.75 Å². The topological polar surface area (TPSA) is 48.0 Å². The van der Waals surface area contributed by atoms with Crippen LogP contribution in [0, 0.1) is 0 Å². The maximum atomic E-state index is 12.7. The van der Waals surface area contributed by atoms with Gasteiger partial charge in [-0.2, -0.15) is 0 Å². The standard InChI is InChI=1S/C21H27NO4/c1-6-25-18-10-7-16(8-11-18)14-22(4)21(23)17-9-12-19(26-15(2)3)20(13-17)24-5/h7-13,15H,6,14H2,1-5H3. The first-order chi connectivity index (χ1) is 12.4. The van der Waals surface area contributed by atoms with Gasteiger partial charge in [-0.1, -0.05) is 12.1 Å². The lowest BCUT2D eigenvalue weighted by molar-refractivity contribution is 0.0784. The van der Waals surface area contributed by atoms with E-state index in [0.717, 1.165) is 11.3 Å². The van der Waals surface area contributed by atoms with E-state index in [1.165, 1.54) is 0 Å². The van der Waals surface area contributed by atoms with Gasteiger partial charge in [0.2, 0.25) is 0 Å². The molecule has 0 aliphatic rings. The molecule has 0 saturated carbocycles. The maximum Gasteiger partial charge on any atom is 0.254 e. The van der Waals surface area contributed by atoms with Crippen molar-refractivity contribution >= 4 is 5.91 Å². The average molecular weight is 357 g/mol. The molecule has 0 unspecified atom stereocenters. The van der Waals surface area contributed by atoms with Crippen molar-refractivity contribution in [3.8, 4) is 17.2 Å². The molecule has 0 fully saturated rings. The van der Waals surface area contributed by atoms with Gasteiger partial charge in [-0.3, -0.25) is 4.79 Å². The van der Waals surface area contributed by atoms with Gasteiger partial charge in [-0.05, 0) is 56.7 Å². The van der Waals surface area contributed by atoms with E-state index < -0.39 is 0 Å². The van der Waals surface area contributed by atoms with E-state index in [0.29, 0.717) is 30.2 Å². The summed E-state index contributed by atoms with van der Waals surface area (Å²) in [6, 6.07) is 13.0. The Morgan fingerprint density at radius 2 is 1.77 bits per heavy atom. The first-order valence-corrected chi connectivity index (χ1v) is 8.76. The van der Waals surface area contributed by atoms with Gasteiger partial charge in [0.05, 0.1) is 19.8 Å². The number of hydrogen-bond donors (Lipinski definition) is 0. The Balaban J connectivity index is 2.09. The van der Waals surface area contributed by atoms with Crippen LogP contribution in [-0.4, -0.2) is 37.7 Å².